The zero-order valence-corrected chi connectivity index (χ0v) is 10.3. The molecule has 0 fully saturated rings. The van der Waals surface area contributed by atoms with Crippen LogP contribution in [0, 0.1) is 5.92 Å². The average Bonchev–Trinajstić information content (AvgIpc) is 2.34. The van der Waals surface area contributed by atoms with Gasteiger partial charge in [0.05, 0.1) is 13.0 Å². The van der Waals surface area contributed by atoms with Gasteiger partial charge in [-0.25, -0.2) is 0 Å². The van der Waals surface area contributed by atoms with E-state index in [1.165, 1.54) is 0 Å². The van der Waals surface area contributed by atoms with Crippen LogP contribution in [0.25, 0.3) is 0 Å². The normalized spacial score (nSPS) is 12.1. The van der Waals surface area contributed by atoms with Crippen LogP contribution in [0.1, 0.15) is 12.5 Å². The van der Waals surface area contributed by atoms with Crippen molar-refractivity contribution in [3.8, 4) is 5.75 Å². The van der Waals surface area contributed by atoms with E-state index in [0.29, 0.717) is 6.54 Å². The van der Waals surface area contributed by atoms with E-state index in [0.717, 1.165) is 24.3 Å². The maximum Gasteiger partial charge on any atom is 0.307 e. The number of benzene rings is 1. The number of hydrogen-bond donors (Lipinski definition) is 2. The SMILES string of the molecule is COc1ccccc1CCNCC(C)C(=O)O. The lowest BCUT2D eigenvalue weighted by Gasteiger charge is -2.10. The zero-order chi connectivity index (χ0) is 12.7. The van der Waals surface area contributed by atoms with Crippen LogP contribution < -0.4 is 10.1 Å². The number of carboxylic acid groups (broad SMARTS) is 1. The quantitative estimate of drug-likeness (QED) is 0.706. The van der Waals surface area contributed by atoms with Gasteiger partial charge in [-0.05, 0) is 24.6 Å². The molecule has 1 aromatic rings. The topological polar surface area (TPSA) is 58.6 Å². The first kappa shape index (κ1) is 13.5. The predicted molar refractivity (Wildman–Crippen MR) is 66.4 cm³/mol. The summed E-state index contributed by atoms with van der Waals surface area (Å²) < 4.78 is 5.24. The van der Waals surface area contributed by atoms with E-state index < -0.39 is 5.97 Å². The molecule has 0 aliphatic rings. The fourth-order valence-electron chi connectivity index (χ4n) is 1.54. The molecule has 1 unspecified atom stereocenters. The van der Waals surface area contributed by atoms with Crippen LogP contribution in [0.15, 0.2) is 24.3 Å². The van der Waals surface area contributed by atoms with Crippen molar-refractivity contribution in [2.45, 2.75) is 13.3 Å². The molecule has 0 aromatic heterocycles. The maximum absolute atomic E-state index is 10.6. The number of para-hydroxylation sites is 1. The first-order valence-corrected chi connectivity index (χ1v) is 5.70. The van der Waals surface area contributed by atoms with Crippen molar-refractivity contribution in [2.24, 2.45) is 5.92 Å². The number of aliphatic carboxylic acids is 1. The largest absolute Gasteiger partial charge is 0.496 e. The summed E-state index contributed by atoms with van der Waals surface area (Å²) in [5.74, 6) is -0.247. The minimum Gasteiger partial charge on any atom is -0.496 e. The molecule has 0 saturated carbocycles. The van der Waals surface area contributed by atoms with Crippen molar-refractivity contribution in [1.29, 1.82) is 0 Å². The van der Waals surface area contributed by atoms with Gasteiger partial charge < -0.3 is 15.2 Å². The molecule has 0 amide bonds. The molecule has 0 heterocycles. The number of rotatable bonds is 7. The first-order valence-electron chi connectivity index (χ1n) is 5.70. The molecule has 2 N–H and O–H groups in total. The van der Waals surface area contributed by atoms with Gasteiger partial charge in [0.15, 0.2) is 0 Å². The van der Waals surface area contributed by atoms with Crippen LogP contribution in [0.2, 0.25) is 0 Å². The lowest BCUT2D eigenvalue weighted by atomic mass is 10.1. The first-order chi connectivity index (χ1) is 8.15. The highest BCUT2D eigenvalue weighted by molar-refractivity contribution is 5.69. The fraction of sp³-hybridized carbons (Fsp3) is 0.462. The van der Waals surface area contributed by atoms with Gasteiger partial charge in [-0.2, -0.15) is 0 Å². The molecule has 0 bridgehead atoms. The fourth-order valence-corrected chi connectivity index (χ4v) is 1.54. The lowest BCUT2D eigenvalue weighted by Crippen LogP contribution is -2.27. The Morgan fingerprint density at radius 1 is 1.47 bits per heavy atom. The van der Waals surface area contributed by atoms with Gasteiger partial charge in [0, 0.05) is 6.54 Å². The number of carbonyl (C=O) groups is 1. The molecule has 17 heavy (non-hydrogen) atoms. The van der Waals surface area contributed by atoms with Gasteiger partial charge in [-0.1, -0.05) is 25.1 Å². The Hall–Kier alpha value is -1.55. The minimum absolute atomic E-state index is 0.354. The molecule has 0 aliphatic heterocycles. The van der Waals surface area contributed by atoms with Crippen molar-refractivity contribution < 1.29 is 14.6 Å². The third kappa shape index (κ3) is 4.44. The number of methoxy groups -OCH3 is 1. The van der Waals surface area contributed by atoms with Gasteiger partial charge >= 0.3 is 5.97 Å². The smallest absolute Gasteiger partial charge is 0.307 e. The Balaban J connectivity index is 2.33. The average molecular weight is 237 g/mol. The van der Waals surface area contributed by atoms with E-state index in [4.69, 9.17) is 9.84 Å². The van der Waals surface area contributed by atoms with Gasteiger partial charge in [0.1, 0.15) is 5.75 Å². The molecule has 0 aliphatic carbocycles. The van der Waals surface area contributed by atoms with Crippen LogP contribution in [0.3, 0.4) is 0 Å². The predicted octanol–water partition coefficient (Wildman–Crippen LogP) is 1.55. The summed E-state index contributed by atoms with van der Waals surface area (Å²) in [4.78, 5) is 10.6. The Morgan fingerprint density at radius 3 is 2.82 bits per heavy atom. The van der Waals surface area contributed by atoms with E-state index in [9.17, 15) is 4.79 Å². The zero-order valence-electron chi connectivity index (χ0n) is 10.3. The second-order valence-corrected chi connectivity index (χ2v) is 4.01. The number of nitrogens with one attached hydrogen (secondary N) is 1. The monoisotopic (exact) mass is 237 g/mol. The standard InChI is InChI=1S/C13H19NO3/c1-10(13(15)16)9-14-8-7-11-5-3-4-6-12(11)17-2/h3-6,10,14H,7-9H2,1-2H3,(H,15,16). The van der Waals surface area contributed by atoms with E-state index in [1.807, 2.05) is 24.3 Å². The molecule has 0 spiro atoms. The van der Waals surface area contributed by atoms with Crippen molar-refractivity contribution in [1.82, 2.24) is 5.32 Å². The molecule has 4 heteroatoms. The highest BCUT2D eigenvalue weighted by Crippen LogP contribution is 2.17. The van der Waals surface area contributed by atoms with Gasteiger partial charge in [0.25, 0.3) is 0 Å². The van der Waals surface area contributed by atoms with E-state index in [1.54, 1.807) is 14.0 Å². The van der Waals surface area contributed by atoms with E-state index in [-0.39, 0.29) is 5.92 Å². The molecule has 94 valence electrons. The van der Waals surface area contributed by atoms with Crippen molar-refractivity contribution in [3.63, 3.8) is 0 Å². The third-order valence-electron chi connectivity index (χ3n) is 2.64. The summed E-state index contributed by atoms with van der Waals surface area (Å²) in [5, 5.41) is 11.9. The number of ether oxygens (including phenoxy) is 1. The molecule has 0 saturated heterocycles. The van der Waals surface area contributed by atoms with Gasteiger partial charge in [0.2, 0.25) is 0 Å². The van der Waals surface area contributed by atoms with Crippen LogP contribution in [-0.2, 0) is 11.2 Å². The highest BCUT2D eigenvalue weighted by atomic mass is 16.5. The number of hydrogen-bond acceptors (Lipinski definition) is 3. The summed E-state index contributed by atoms with van der Waals surface area (Å²) in [7, 11) is 1.65. The summed E-state index contributed by atoms with van der Waals surface area (Å²) >= 11 is 0. The summed E-state index contributed by atoms with van der Waals surface area (Å²) in [6.45, 7) is 2.93. The Labute approximate surface area is 102 Å². The molecule has 1 rings (SSSR count). The van der Waals surface area contributed by atoms with Crippen LogP contribution >= 0.6 is 0 Å². The Bertz CT molecular complexity index is 365. The molecule has 4 nitrogen and oxygen atoms in total. The second kappa shape index (κ2) is 6.91. The van der Waals surface area contributed by atoms with E-state index >= 15 is 0 Å². The molecule has 0 radical (unpaired) electrons. The second-order valence-electron chi connectivity index (χ2n) is 4.01. The van der Waals surface area contributed by atoms with Gasteiger partial charge in [-0.15, -0.1) is 0 Å². The maximum atomic E-state index is 10.6. The summed E-state index contributed by atoms with van der Waals surface area (Å²) in [6, 6.07) is 7.84. The van der Waals surface area contributed by atoms with Crippen molar-refractivity contribution in [2.75, 3.05) is 20.2 Å². The highest BCUT2D eigenvalue weighted by Gasteiger charge is 2.09. The molecular formula is C13H19NO3. The lowest BCUT2D eigenvalue weighted by molar-refractivity contribution is -0.140. The number of carboxylic acids is 1. The van der Waals surface area contributed by atoms with Crippen LogP contribution in [-0.4, -0.2) is 31.3 Å². The molecule has 1 aromatic carbocycles. The van der Waals surface area contributed by atoms with Crippen LogP contribution in [0.5, 0.6) is 5.75 Å². The van der Waals surface area contributed by atoms with Crippen molar-refractivity contribution >= 4 is 5.97 Å². The Morgan fingerprint density at radius 2 is 2.18 bits per heavy atom. The van der Waals surface area contributed by atoms with E-state index in [2.05, 4.69) is 5.32 Å². The summed E-state index contributed by atoms with van der Waals surface area (Å²) in [5.41, 5.74) is 1.13. The summed E-state index contributed by atoms with van der Waals surface area (Å²) in [6.07, 6.45) is 0.830. The third-order valence-corrected chi connectivity index (χ3v) is 2.64. The van der Waals surface area contributed by atoms with Crippen molar-refractivity contribution in [3.05, 3.63) is 29.8 Å². The minimum atomic E-state index is -0.769. The molecule has 1 atom stereocenters. The van der Waals surface area contributed by atoms with Crippen LogP contribution in [0.4, 0.5) is 0 Å². The Kier molecular flexibility index (Phi) is 5.49. The van der Waals surface area contributed by atoms with Gasteiger partial charge in [-0.3, -0.25) is 4.79 Å². The molecular weight excluding hydrogens is 218 g/mol.